The van der Waals surface area contributed by atoms with E-state index >= 15 is 0 Å². The van der Waals surface area contributed by atoms with Crippen LogP contribution in [-0.4, -0.2) is 14.8 Å². The Hall–Kier alpha value is -0.860. The first kappa shape index (κ1) is 7.77. The maximum Gasteiger partial charge on any atom is 0.132 e. The van der Waals surface area contributed by atoms with Gasteiger partial charge in [-0.15, -0.1) is 10.2 Å². The molecule has 0 amide bonds. The molecular weight excluding hydrogens is 150 g/mol. The maximum atomic E-state index is 4.17. The van der Waals surface area contributed by atoms with Gasteiger partial charge in [0.2, 0.25) is 0 Å². The molecule has 12 heavy (non-hydrogen) atoms. The Morgan fingerprint density at radius 1 is 1.08 bits per heavy atom. The molecule has 2 rings (SSSR count). The standard InChI is InChI=1S/C9H15N3/c1-8-10-11-9-6-4-2-3-5-7-12(8)9/h2-7H2,1H3. The SMILES string of the molecule is Cc1nnc2n1CCCCCC2. The summed E-state index contributed by atoms with van der Waals surface area (Å²) in [5.74, 6) is 2.26. The molecule has 0 fully saturated rings. The lowest BCUT2D eigenvalue weighted by Crippen LogP contribution is -2.08. The third-order valence-corrected chi connectivity index (χ3v) is 2.54. The summed E-state index contributed by atoms with van der Waals surface area (Å²) in [7, 11) is 0. The van der Waals surface area contributed by atoms with Gasteiger partial charge in [0.15, 0.2) is 0 Å². The smallest absolute Gasteiger partial charge is 0.132 e. The highest BCUT2D eigenvalue weighted by atomic mass is 15.3. The summed E-state index contributed by atoms with van der Waals surface area (Å²) in [4.78, 5) is 0. The van der Waals surface area contributed by atoms with E-state index in [0.29, 0.717) is 0 Å². The van der Waals surface area contributed by atoms with E-state index in [0.717, 1.165) is 18.8 Å². The largest absolute Gasteiger partial charge is 0.315 e. The second kappa shape index (κ2) is 3.25. The van der Waals surface area contributed by atoms with Crippen LogP contribution in [0.3, 0.4) is 0 Å². The molecule has 0 aromatic carbocycles. The zero-order valence-corrected chi connectivity index (χ0v) is 7.58. The molecule has 0 aliphatic carbocycles. The Morgan fingerprint density at radius 2 is 1.92 bits per heavy atom. The first-order chi connectivity index (χ1) is 5.88. The third-order valence-electron chi connectivity index (χ3n) is 2.54. The average molecular weight is 165 g/mol. The van der Waals surface area contributed by atoms with E-state index in [4.69, 9.17) is 0 Å². The normalized spacial score (nSPS) is 18.1. The van der Waals surface area contributed by atoms with Crippen LogP contribution in [-0.2, 0) is 13.0 Å². The number of rotatable bonds is 0. The Morgan fingerprint density at radius 3 is 2.83 bits per heavy atom. The first-order valence-corrected chi connectivity index (χ1v) is 4.76. The van der Waals surface area contributed by atoms with Gasteiger partial charge in [-0.25, -0.2) is 0 Å². The molecule has 0 saturated carbocycles. The number of fused-ring (bicyclic) bond motifs is 1. The van der Waals surface area contributed by atoms with Gasteiger partial charge in [-0.05, 0) is 19.8 Å². The summed E-state index contributed by atoms with van der Waals surface area (Å²) in [6.45, 7) is 3.16. The van der Waals surface area contributed by atoms with Crippen molar-refractivity contribution in [3.8, 4) is 0 Å². The van der Waals surface area contributed by atoms with Crippen LogP contribution in [0.4, 0.5) is 0 Å². The van der Waals surface area contributed by atoms with Crippen molar-refractivity contribution in [2.75, 3.05) is 0 Å². The van der Waals surface area contributed by atoms with Crippen LogP contribution in [0.25, 0.3) is 0 Å². The van der Waals surface area contributed by atoms with E-state index in [1.54, 1.807) is 0 Å². The van der Waals surface area contributed by atoms with Gasteiger partial charge in [0.25, 0.3) is 0 Å². The van der Waals surface area contributed by atoms with Gasteiger partial charge in [0, 0.05) is 13.0 Å². The molecule has 0 bridgehead atoms. The number of hydrogen-bond donors (Lipinski definition) is 0. The fraction of sp³-hybridized carbons (Fsp3) is 0.778. The summed E-state index contributed by atoms with van der Waals surface area (Å²) in [6, 6.07) is 0. The minimum absolute atomic E-state index is 1.08. The van der Waals surface area contributed by atoms with E-state index in [1.165, 1.54) is 31.5 Å². The molecule has 1 aliphatic rings. The van der Waals surface area contributed by atoms with Crippen LogP contribution < -0.4 is 0 Å². The van der Waals surface area contributed by atoms with Gasteiger partial charge in [-0.3, -0.25) is 0 Å². The molecule has 3 heteroatoms. The molecule has 2 heterocycles. The number of hydrogen-bond acceptors (Lipinski definition) is 2. The summed E-state index contributed by atoms with van der Waals surface area (Å²) < 4.78 is 2.26. The second-order valence-corrected chi connectivity index (χ2v) is 3.48. The van der Waals surface area contributed by atoms with Crippen molar-refractivity contribution in [2.24, 2.45) is 0 Å². The molecule has 3 nitrogen and oxygen atoms in total. The van der Waals surface area contributed by atoms with Crippen LogP contribution in [0, 0.1) is 6.92 Å². The van der Waals surface area contributed by atoms with Crippen molar-refractivity contribution in [1.29, 1.82) is 0 Å². The van der Waals surface area contributed by atoms with E-state index < -0.39 is 0 Å². The molecular formula is C9H15N3. The molecule has 1 aromatic heterocycles. The van der Waals surface area contributed by atoms with Crippen LogP contribution in [0.1, 0.15) is 37.3 Å². The van der Waals surface area contributed by atoms with Gasteiger partial charge in [-0.1, -0.05) is 12.8 Å². The molecule has 0 unspecified atom stereocenters. The lowest BCUT2D eigenvalue weighted by atomic mass is 10.1. The first-order valence-electron chi connectivity index (χ1n) is 4.76. The summed E-state index contributed by atoms with van der Waals surface area (Å²) in [5, 5.41) is 8.27. The van der Waals surface area contributed by atoms with Gasteiger partial charge >= 0.3 is 0 Å². The number of aryl methyl sites for hydroxylation is 2. The molecule has 0 spiro atoms. The minimum atomic E-state index is 1.08. The molecule has 1 aromatic rings. The predicted molar refractivity (Wildman–Crippen MR) is 46.9 cm³/mol. The Labute approximate surface area is 72.8 Å². The van der Waals surface area contributed by atoms with Crippen LogP contribution in [0.5, 0.6) is 0 Å². The second-order valence-electron chi connectivity index (χ2n) is 3.48. The van der Waals surface area contributed by atoms with Gasteiger partial charge < -0.3 is 4.57 Å². The maximum absolute atomic E-state index is 4.17. The topological polar surface area (TPSA) is 30.7 Å². The van der Waals surface area contributed by atoms with Crippen molar-refractivity contribution in [2.45, 2.75) is 45.6 Å². The average Bonchev–Trinajstić information content (AvgIpc) is 2.31. The molecule has 0 saturated heterocycles. The fourth-order valence-corrected chi connectivity index (χ4v) is 1.81. The number of aromatic nitrogens is 3. The van der Waals surface area contributed by atoms with Gasteiger partial charge in [0.05, 0.1) is 0 Å². The van der Waals surface area contributed by atoms with E-state index in [9.17, 15) is 0 Å². The Kier molecular flexibility index (Phi) is 2.11. The predicted octanol–water partition coefficient (Wildman–Crippen LogP) is 1.70. The van der Waals surface area contributed by atoms with Crippen molar-refractivity contribution < 1.29 is 0 Å². The van der Waals surface area contributed by atoms with Gasteiger partial charge in [-0.2, -0.15) is 0 Å². The molecule has 1 aliphatic heterocycles. The quantitative estimate of drug-likeness (QED) is 0.586. The molecule has 0 atom stereocenters. The number of nitrogens with zero attached hydrogens (tertiary/aromatic N) is 3. The monoisotopic (exact) mass is 165 g/mol. The van der Waals surface area contributed by atoms with E-state index in [-0.39, 0.29) is 0 Å². The summed E-state index contributed by atoms with van der Waals surface area (Å²) >= 11 is 0. The molecule has 0 N–H and O–H groups in total. The van der Waals surface area contributed by atoms with Crippen molar-refractivity contribution >= 4 is 0 Å². The Balaban J connectivity index is 2.26. The third kappa shape index (κ3) is 1.36. The zero-order valence-electron chi connectivity index (χ0n) is 7.58. The van der Waals surface area contributed by atoms with Crippen molar-refractivity contribution in [3.63, 3.8) is 0 Å². The van der Waals surface area contributed by atoms with Crippen LogP contribution in [0.2, 0.25) is 0 Å². The minimum Gasteiger partial charge on any atom is -0.315 e. The summed E-state index contributed by atoms with van der Waals surface area (Å²) in [6.07, 6.45) is 6.38. The summed E-state index contributed by atoms with van der Waals surface area (Å²) in [5.41, 5.74) is 0. The Bertz CT molecular complexity index is 265. The van der Waals surface area contributed by atoms with E-state index in [2.05, 4.69) is 14.8 Å². The lowest BCUT2D eigenvalue weighted by molar-refractivity contribution is 0.510. The zero-order chi connectivity index (χ0) is 8.39. The van der Waals surface area contributed by atoms with Crippen LogP contribution >= 0.6 is 0 Å². The highest BCUT2D eigenvalue weighted by molar-refractivity contribution is 4.94. The van der Waals surface area contributed by atoms with Gasteiger partial charge in [0.1, 0.15) is 11.6 Å². The molecule has 66 valence electrons. The van der Waals surface area contributed by atoms with Crippen LogP contribution in [0.15, 0.2) is 0 Å². The van der Waals surface area contributed by atoms with Crippen molar-refractivity contribution in [1.82, 2.24) is 14.8 Å². The highest BCUT2D eigenvalue weighted by Crippen LogP contribution is 2.13. The van der Waals surface area contributed by atoms with Crippen molar-refractivity contribution in [3.05, 3.63) is 11.6 Å². The molecule has 0 radical (unpaired) electrons. The highest BCUT2D eigenvalue weighted by Gasteiger charge is 2.09. The van der Waals surface area contributed by atoms with E-state index in [1.807, 2.05) is 6.92 Å². The lowest BCUT2D eigenvalue weighted by Gasteiger charge is -2.11. The fourth-order valence-electron chi connectivity index (χ4n) is 1.81.